The molecule has 0 aromatic heterocycles. The van der Waals surface area contributed by atoms with Crippen LogP contribution in [0.1, 0.15) is 12.0 Å². The Labute approximate surface area is 126 Å². The lowest BCUT2D eigenvalue weighted by Crippen LogP contribution is -2.42. The average molecular weight is 318 g/mol. The third kappa shape index (κ3) is 6.27. The van der Waals surface area contributed by atoms with Gasteiger partial charge in [0.25, 0.3) is 0 Å². The molecule has 0 saturated carbocycles. The number of aliphatic hydroxyl groups is 1. The lowest BCUT2D eigenvalue weighted by Gasteiger charge is -2.12. The Hall–Kier alpha value is -1.24. The van der Waals surface area contributed by atoms with Gasteiger partial charge in [0.1, 0.15) is 6.04 Å². The van der Waals surface area contributed by atoms with E-state index in [1.54, 1.807) is 6.07 Å². The summed E-state index contributed by atoms with van der Waals surface area (Å²) in [4.78, 5) is 22.4. The molecule has 0 radical (unpaired) electrons. The number of carbonyl (C=O) groups excluding carboxylic acids is 1. The number of benzene rings is 1. The van der Waals surface area contributed by atoms with Gasteiger partial charge in [0, 0.05) is 23.8 Å². The molecule has 1 atom stereocenters. The predicted octanol–water partition coefficient (Wildman–Crippen LogP) is 1.52. The molecular formula is C13H16ClNO4S. The van der Waals surface area contributed by atoms with Gasteiger partial charge >= 0.3 is 5.97 Å². The van der Waals surface area contributed by atoms with Crippen molar-refractivity contribution in [3.63, 3.8) is 0 Å². The quantitative estimate of drug-likeness (QED) is 0.677. The molecule has 7 heteroatoms. The standard InChI is InChI=1S/C13H16ClNO4S/c14-10-3-1-2-9(6-10)7-20-8-12(17)15-11(4-5-16)13(18)19/h1-3,6,11,16H,4-5,7-8H2,(H,15,17)(H,18,19)/t11-/m0/s1. The van der Waals surface area contributed by atoms with E-state index in [1.165, 1.54) is 11.8 Å². The van der Waals surface area contributed by atoms with E-state index in [4.69, 9.17) is 21.8 Å². The highest BCUT2D eigenvalue weighted by Crippen LogP contribution is 2.16. The number of carboxylic acids is 1. The number of nitrogens with one attached hydrogen (secondary N) is 1. The van der Waals surface area contributed by atoms with Crippen molar-refractivity contribution in [3.8, 4) is 0 Å². The van der Waals surface area contributed by atoms with E-state index in [0.717, 1.165) is 5.56 Å². The topological polar surface area (TPSA) is 86.6 Å². The van der Waals surface area contributed by atoms with Gasteiger partial charge in [-0.15, -0.1) is 11.8 Å². The molecule has 3 N–H and O–H groups in total. The average Bonchev–Trinajstić information content (AvgIpc) is 2.38. The molecule has 1 rings (SSSR count). The molecule has 20 heavy (non-hydrogen) atoms. The molecule has 0 fully saturated rings. The molecular weight excluding hydrogens is 302 g/mol. The Balaban J connectivity index is 2.34. The predicted molar refractivity (Wildman–Crippen MR) is 78.9 cm³/mol. The van der Waals surface area contributed by atoms with E-state index in [1.807, 2.05) is 18.2 Å². The zero-order valence-corrected chi connectivity index (χ0v) is 12.3. The smallest absolute Gasteiger partial charge is 0.326 e. The van der Waals surface area contributed by atoms with E-state index in [9.17, 15) is 9.59 Å². The molecule has 1 aromatic rings. The SMILES string of the molecule is O=C(CSCc1cccc(Cl)c1)N[C@@H](CCO)C(=O)O. The number of aliphatic hydroxyl groups excluding tert-OH is 1. The summed E-state index contributed by atoms with van der Waals surface area (Å²) in [7, 11) is 0. The van der Waals surface area contributed by atoms with Crippen LogP contribution in [0.3, 0.4) is 0 Å². The first kappa shape index (κ1) is 16.8. The van der Waals surface area contributed by atoms with Crippen molar-refractivity contribution < 1.29 is 19.8 Å². The molecule has 1 amide bonds. The molecule has 0 aliphatic heterocycles. The largest absolute Gasteiger partial charge is 0.480 e. The third-order valence-corrected chi connectivity index (χ3v) is 3.68. The summed E-state index contributed by atoms with van der Waals surface area (Å²) in [5.74, 6) is -0.738. The molecule has 0 aliphatic rings. The van der Waals surface area contributed by atoms with Crippen LogP contribution in [0.4, 0.5) is 0 Å². The number of aliphatic carboxylic acids is 1. The van der Waals surface area contributed by atoms with Crippen molar-refractivity contribution >= 4 is 35.2 Å². The first-order valence-electron chi connectivity index (χ1n) is 5.98. The van der Waals surface area contributed by atoms with Crippen LogP contribution in [0, 0.1) is 0 Å². The Morgan fingerprint density at radius 3 is 2.75 bits per heavy atom. The van der Waals surface area contributed by atoms with Crippen molar-refractivity contribution in [1.29, 1.82) is 0 Å². The van der Waals surface area contributed by atoms with Crippen LogP contribution in [0.25, 0.3) is 0 Å². The molecule has 5 nitrogen and oxygen atoms in total. The maximum Gasteiger partial charge on any atom is 0.326 e. The molecule has 0 saturated heterocycles. The van der Waals surface area contributed by atoms with Crippen molar-refractivity contribution in [2.45, 2.75) is 18.2 Å². The van der Waals surface area contributed by atoms with E-state index in [-0.39, 0.29) is 24.7 Å². The molecule has 0 aliphatic carbocycles. The van der Waals surface area contributed by atoms with E-state index >= 15 is 0 Å². The first-order chi connectivity index (χ1) is 9.52. The van der Waals surface area contributed by atoms with Gasteiger partial charge < -0.3 is 15.5 Å². The van der Waals surface area contributed by atoms with Gasteiger partial charge in [-0.25, -0.2) is 4.79 Å². The van der Waals surface area contributed by atoms with Crippen LogP contribution in [-0.2, 0) is 15.3 Å². The van der Waals surface area contributed by atoms with E-state index in [0.29, 0.717) is 10.8 Å². The highest BCUT2D eigenvalue weighted by atomic mass is 35.5. The Morgan fingerprint density at radius 2 is 2.15 bits per heavy atom. The van der Waals surface area contributed by atoms with E-state index in [2.05, 4.69) is 5.32 Å². The van der Waals surface area contributed by atoms with Crippen LogP contribution in [-0.4, -0.2) is 40.5 Å². The maximum atomic E-state index is 11.6. The second kappa shape index (κ2) is 8.84. The minimum absolute atomic E-state index is 0.0000329. The van der Waals surface area contributed by atoms with Crippen LogP contribution in [0.2, 0.25) is 5.02 Å². The number of rotatable bonds is 8. The lowest BCUT2D eigenvalue weighted by atomic mass is 10.2. The van der Waals surface area contributed by atoms with E-state index < -0.39 is 12.0 Å². The second-order valence-electron chi connectivity index (χ2n) is 4.09. The van der Waals surface area contributed by atoms with Gasteiger partial charge in [0.05, 0.1) is 5.75 Å². The Bertz CT molecular complexity index is 469. The zero-order chi connectivity index (χ0) is 15.0. The van der Waals surface area contributed by atoms with Crippen LogP contribution in [0.5, 0.6) is 0 Å². The van der Waals surface area contributed by atoms with Crippen molar-refractivity contribution in [1.82, 2.24) is 5.32 Å². The zero-order valence-electron chi connectivity index (χ0n) is 10.7. The fourth-order valence-electron chi connectivity index (χ4n) is 1.51. The van der Waals surface area contributed by atoms with Gasteiger partial charge in [-0.3, -0.25) is 4.79 Å². The molecule has 0 unspecified atom stereocenters. The highest BCUT2D eigenvalue weighted by Gasteiger charge is 2.18. The fraction of sp³-hybridized carbons (Fsp3) is 0.385. The Kier molecular flexibility index (Phi) is 7.43. The second-order valence-corrected chi connectivity index (χ2v) is 5.52. The third-order valence-electron chi connectivity index (χ3n) is 2.44. The summed E-state index contributed by atoms with van der Waals surface area (Å²) in [6.07, 6.45) is 0.0000329. The first-order valence-corrected chi connectivity index (χ1v) is 7.51. The number of carbonyl (C=O) groups is 2. The molecule has 0 bridgehead atoms. The van der Waals surface area contributed by atoms with Crippen LogP contribution < -0.4 is 5.32 Å². The summed E-state index contributed by atoms with van der Waals surface area (Å²) in [5.41, 5.74) is 1.00. The number of hydrogen-bond donors (Lipinski definition) is 3. The van der Waals surface area contributed by atoms with Gasteiger partial charge in [-0.05, 0) is 17.7 Å². The fourth-order valence-corrected chi connectivity index (χ4v) is 2.51. The number of thioether (sulfide) groups is 1. The van der Waals surface area contributed by atoms with Crippen molar-refractivity contribution in [2.75, 3.05) is 12.4 Å². The molecule has 1 aromatic carbocycles. The van der Waals surface area contributed by atoms with Crippen LogP contribution >= 0.6 is 23.4 Å². The van der Waals surface area contributed by atoms with Gasteiger partial charge in [-0.2, -0.15) is 0 Å². The number of hydrogen-bond acceptors (Lipinski definition) is 4. The monoisotopic (exact) mass is 317 g/mol. The molecule has 0 heterocycles. The summed E-state index contributed by atoms with van der Waals surface area (Å²) < 4.78 is 0. The molecule has 110 valence electrons. The number of halogens is 1. The highest BCUT2D eigenvalue weighted by molar-refractivity contribution is 7.99. The number of carboxylic acid groups (broad SMARTS) is 1. The Morgan fingerprint density at radius 1 is 1.40 bits per heavy atom. The minimum atomic E-state index is -1.15. The van der Waals surface area contributed by atoms with Gasteiger partial charge in [-0.1, -0.05) is 23.7 Å². The summed E-state index contributed by atoms with van der Waals surface area (Å²) in [5, 5.41) is 20.6. The number of amides is 1. The summed E-state index contributed by atoms with van der Waals surface area (Å²) >= 11 is 7.22. The van der Waals surface area contributed by atoms with Crippen LogP contribution in [0.15, 0.2) is 24.3 Å². The van der Waals surface area contributed by atoms with Crippen molar-refractivity contribution in [3.05, 3.63) is 34.9 Å². The maximum absolute atomic E-state index is 11.6. The lowest BCUT2D eigenvalue weighted by molar-refractivity contribution is -0.141. The van der Waals surface area contributed by atoms with Gasteiger partial charge in [0.2, 0.25) is 5.91 Å². The summed E-state index contributed by atoms with van der Waals surface area (Å²) in [6, 6.07) is 6.29. The van der Waals surface area contributed by atoms with Crippen molar-refractivity contribution in [2.24, 2.45) is 0 Å². The minimum Gasteiger partial charge on any atom is -0.480 e. The normalized spacial score (nSPS) is 11.9. The van der Waals surface area contributed by atoms with Gasteiger partial charge in [0.15, 0.2) is 0 Å². The summed E-state index contributed by atoms with van der Waals surface area (Å²) in [6.45, 7) is -0.285. The molecule has 0 spiro atoms.